The van der Waals surface area contributed by atoms with Gasteiger partial charge in [0.1, 0.15) is 5.84 Å². The molecule has 0 fully saturated rings. The maximum absolute atomic E-state index is 5.96. The van der Waals surface area contributed by atoms with Crippen molar-refractivity contribution in [3.8, 4) is 0 Å². The molecule has 0 saturated heterocycles. The zero-order chi connectivity index (χ0) is 12.3. The number of rotatable bonds is 3. The summed E-state index contributed by atoms with van der Waals surface area (Å²) in [6.45, 7) is 2.01. The Balaban J connectivity index is 2.19. The first-order valence-corrected chi connectivity index (χ1v) is 6.50. The van der Waals surface area contributed by atoms with Crippen molar-refractivity contribution in [3.05, 3.63) is 57.2 Å². The molecule has 1 unspecified atom stereocenters. The zero-order valence-electron chi connectivity index (χ0n) is 9.43. The third-order valence-corrected chi connectivity index (χ3v) is 3.81. The van der Waals surface area contributed by atoms with Gasteiger partial charge in [-0.3, -0.25) is 4.99 Å². The molecule has 1 aromatic carbocycles. The quantitative estimate of drug-likeness (QED) is 0.663. The molecule has 4 heteroatoms. The minimum Gasteiger partial charge on any atom is -0.383 e. The highest BCUT2D eigenvalue weighted by atomic mass is 35.5. The Morgan fingerprint density at radius 1 is 1.24 bits per heavy atom. The number of hydrogen-bond acceptors (Lipinski definition) is 2. The molecule has 0 aliphatic heterocycles. The molecule has 0 aliphatic rings. The Morgan fingerprint density at radius 3 is 2.53 bits per heavy atom. The van der Waals surface area contributed by atoms with Gasteiger partial charge in [0.15, 0.2) is 0 Å². The molecule has 2 N–H and O–H groups in total. The van der Waals surface area contributed by atoms with Crippen molar-refractivity contribution >= 4 is 28.8 Å². The number of aliphatic imine (C=N–C) groups is 1. The van der Waals surface area contributed by atoms with E-state index in [-0.39, 0.29) is 6.04 Å². The van der Waals surface area contributed by atoms with Crippen LogP contribution in [0.15, 0.2) is 47.5 Å². The van der Waals surface area contributed by atoms with Crippen molar-refractivity contribution in [1.29, 1.82) is 0 Å². The average Bonchev–Trinajstić information content (AvgIpc) is 2.77. The largest absolute Gasteiger partial charge is 0.383 e. The van der Waals surface area contributed by atoms with E-state index < -0.39 is 0 Å². The lowest BCUT2D eigenvalue weighted by atomic mass is 10.2. The predicted molar refractivity (Wildman–Crippen MR) is 74.9 cm³/mol. The number of amidine groups is 1. The number of halogens is 1. The van der Waals surface area contributed by atoms with Crippen LogP contribution < -0.4 is 5.73 Å². The van der Waals surface area contributed by atoms with Gasteiger partial charge in [0.05, 0.1) is 10.4 Å². The summed E-state index contributed by atoms with van der Waals surface area (Å²) in [5, 5.41) is 0. The highest BCUT2D eigenvalue weighted by molar-refractivity contribution is 7.16. The minimum absolute atomic E-state index is 0.0349. The average molecular weight is 265 g/mol. The number of benzene rings is 1. The monoisotopic (exact) mass is 264 g/mol. The van der Waals surface area contributed by atoms with E-state index in [1.54, 1.807) is 0 Å². The predicted octanol–water partition coefficient (Wildman–Crippen LogP) is 3.87. The van der Waals surface area contributed by atoms with Crippen molar-refractivity contribution < 1.29 is 0 Å². The molecule has 1 atom stereocenters. The van der Waals surface area contributed by atoms with Crippen LogP contribution in [-0.2, 0) is 0 Å². The number of thiophene rings is 1. The van der Waals surface area contributed by atoms with Gasteiger partial charge in [-0.15, -0.1) is 11.3 Å². The molecule has 0 aliphatic carbocycles. The summed E-state index contributed by atoms with van der Waals surface area (Å²) in [5.74, 6) is 0.558. The van der Waals surface area contributed by atoms with E-state index in [1.165, 1.54) is 11.3 Å². The van der Waals surface area contributed by atoms with Crippen molar-refractivity contribution in [3.63, 3.8) is 0 Å². The first-order valence-electron chi connectivity index (χ1n) is 5.31. The van der Waals surface area contributed by atoms with E-state index in [2.05, 4.69) is 4.99 Å². The van der Waals surface area contributed by atoms with Gasteiger partial charge >= 0.3 is 0 Å². The van der Waals surface area contributed by atoms with Crippen LogP contribution >= 0.6 is 22.9 Å². The highest BCUT2D eigenvalue weighted by Gasteiger charge is 2.07. The van der Waals surface area contributed by atoms with Gasteiger partial charge in [-0.2, -0.15) is 0 Å². The van der Waals surface area contributed by atoms with Crippen LogP contribution in [0.25, 0.3) is 0 Å². The standard InChI is InChI=1S/C13H13ClN2S/c1-9(11-7-8-12(14)17-11)16-13(15)10-5-3-2-4-6-10/h2-9H,1H3,(H2,15,16). The molecule has 0 bridgehead atoms. The fourth-order valence-corrected chi connectivity index (χ4v) is 2.56. The van der Waals surface area contributed by atoms with Gasteiger partial charge < -0.3 is 5.73 Å². The Morgan fingerprint density at radius 2 is 1.94 bits per heavy atom. The Hall–Kier alpha value is -1.32. The summed E-state index contributed by atoms with van der Waals surface area (Å²) in [7, 11) is 0. The van der Waals surface area contributed by atoms with Gasteiger partial charge in [-0.25, -0.2) is 0 Å². The molecule has 2 rings (SSSR count). The van der Waals surface area contributed by atoms with Crippen molar-refractivity contribution in [1.82, 2.24) is 0 Å². The summed E-state index contributed by atoms with van der Waals surface area (Å²) < 4.78 is 0.778. The van der Waals surface area contributed by atoms with Gasteiger partial charge in [-0.1, -0.05) is 41.9 Å². The number of hydrogen-bond donors (Lipinski definition) is 1. The molecule has 1 heterocycles. The maximum atomic E-state index is 5.96. The van der Waals surface area contributed by atoms with Crippen LogP contribution in [0.3, 0.4) is 0 Å². The van der Waals surface area contributed by atoms with Crippen LogP contribution in [0.1, 0.15) is 23.4 Å². The van der Waals surface area contributed by atoms with Crippen molar-refractivity contribution in [2.75, 3.05) is 0 Å². The van der Waals surface area contributed by atoms with Crippen molar-refractivity contribution in [2.24, 2.45) is 10.7 Å². The molecule has 2 nitrogen and oxygen atoms in total. The normalized spacial score (nSPS) is 13.6. The van der Waals surface area contributed by atoms with E-state index in [4.69, 9.17) is 17.3 Å². The third-order valence-electron chi connectivity index (χ3n) is 2.41. The lowest BCUT2D eigenvalue weighted by Crippen LogP contribution is -2.14. The summed E-state index contributed by atoms with van der Waals surface area (Å²) in [4.78, 5) is 5.60. The summed E-state index contributed by atoms with van der Waals surface area (Å²) >= 11 is 7.43. The topological polar surface area (TPSA) is 38.4 Å². The molecule has 0 amide bonds. The molecular formula is C13H13ClN2S. The number of nitrogens with zero attached hydrogens (tertiary/aromatic N) is 1. The van der Waals surface area contributed by atoms with Gasteiger partial charge in [0.25, 0.3) is 0 Å². The second-order valence-corrected chi connectivity index (χ2v) is 5.44. The minimum atomic E-state index is 0.0349. The van der Waals surface area contributed by atoms with E-state index in [0.29, 0.717) is 5.84 Å². The van der Waals surface area contributed by atoms with Crippen LogP contribution in [0.5, 0.6) is 0 Å². The Labute approximate surface area is 110 Å². The fourth-order valence-electron chi connectivity index (χ4n) is 1.51. The molecule has 2 aromatic rings. The van der Waals surface area contributed by atoms with Gasteiger partial charge in [-0.05, 0) is 19.1 Å². The molecular weight excluding hydrogens is 252 g/mol. The van der Waals surface area contributed by atoms with E-state index in [0.717, 1.165) is 14.8 Å². The third kappa shape index (κ3) is 3.08. The lowest BCUT2D eigenvalue weighted by Gasteiger charge is -2.06. The molecule has 88 valence electrons. The molecule has 0 spiro atoms. The zero-order valence-corrected chi connectivity index (χ0v) is 11.0. The summed E-state index contributed by atoms with van der Waals surface area (Å²) in [6, 6.07) is 13.7. The lowest BCUT2D eigenvalue weighted by molar-refractivity contribution is 0.838. The van der Waals surface area contributed by atoms with Gasteiger partial charge in [0.2, 0.25) is 0 Å². The first kappa shape index (κ1) is 12.1. The summed E-state index contributed by atoms with van der Waals surface area (Å²) in [5.41, 5.74) is 6.91. The second kappa shape index (κ2) is 5.34. The second-order valence-electron chi connectivity index (χ2n) is 3.70. The van der Waals surface area contributed by atoms with Crippen LogP contribution in [0, 0.1) is 0 Å². The van der Waals surface area contributed by atoms with E-state index in [1.807, 2.05) is 49.4 Å². The highest BCUT2D eigenvalue weighted by Crippen LogP contribution is 2.28. The van der Waals surface area contributed by atoms with Crippen LogP contribution in [0.2, 0.25) is 4.34 Å². The fraction of sp³-hybridized carbons (Fsp3) is 0.154. The van der Waals surface area contributed by atoms with Crippen LogP contribution in [-0.4, -0.2) is 5.84 Å². The first-order chi connectivity index (χ1) is 8.16. The molecule has 0 radical (unpaired) electrons. The Bertz CT molecular complexity index is 519. The molecule has 1 aromatic heterocycles. The summed E-state index contributed by atoms with van der Waals surface area (Å²) in [6.07, 6.45) is 0. The smallest absolute Gasteiger partial charge is 0.126 e. The van der Waals surface area contributed by atoms with Crippen molar-refractivity contribution in [2.45, 2.75) is 13.0 Å². The van der Waals surface area contributed by atoms with E-state index >= 15 is 0 Å². The Kier molecular flexibility index (Phi) is 3.82. The van der Waals surface area contributed by atoms with Crippen LogP contribution in [0.4, 0.5) is 0 Å². The molecule has 17 heavy (non-hydrogen) atoms. The molecule has 0 saturated carbocycles. The maximum Gasteiger partial charge on any atom is 0.126 e. The van der Waals surface area contributed by atoms with E-state index in [9.17, 15) is 0 Å². The number of nitrogens with two attached hydrogens (primary N) is 1. The SMILES string of the molecule is CC(N=C(N)c1ccccc1)c1ccc(Cl)s1. The van der Waals surface area contributed by atoms with Gasteiger partial charge in [0, 0.05) is 10.4 Å².